The Bertz CT molecular complexity index is 911. The van der Waals surface area contributed by atoms with Gasteiger partial charge in [-0.2, -0.15) is 0 Å². The highest BCUT2D eigenvalue weighted by atomic mass is 16.5. The summed E-state index contributed by atoms with van der Waals surface area (Å²) in [5, 5.41) is 2.87. The van der Waals surface area contributed by atoms with Crippen LogP contribution in [0.1, 0.15) is 42.3 Å². The van der Waals surface area contributed by atoms with E-state index in [1.165, 1.54) is 0 Å². The monoisotopic (exact) mass is 380 g/mol. The SMILES string of the molecule is COc1ccc(C2CCCN2C(=O)C2CC(=O)Nc3ccccc32)c(OC)c1. The Morgan fingerprint density at radius 1 is 1.11 bits per heavy atom. The van der Waals surface area contributed by atoms with Gasteiger partial charge in [0.05, 0.1) is 26.2 Å². The molecule has 0 aliphatic carbocycles. The van der Waals surface area contributed by atoms with E-state index in [9.17, 15) is 9.59 Å². The summed E-state index contributed by atoms with van der Waals surface area (Å²) in [5.41, 5.74) is 2.59. The second-order valence-electron chi connectivity index (χ2n) is 7.19. The minimum Gasteiger partial charge on any atom is -0.497 e. The number of rotatable bonds is 4. The average molecular weight is 380 g/mol. The molecule has 2 amide bonds. The fraction of sp³-hybridized carbons (Fsp3) is 0.364. The van der Waals surface area contributed by atoms with Gasteiger partial charge in [-0.15, -0.1) is 0 Å². The Balaban J connectivity index is 1.66. The number of para-hydroxylation sites is 1. The lowest BCUT2D eigenvalue weighted by Gasteiger charge is -2.32. The number of hydrogen-bond acceptors (Lipinski definition) is 4. The highest BCUT2D eigenvalue weighted by Crippen LogP contribution is 2.42. The van der Waals surface area contributed by atoms with Crippen LogP contribution in [0.15, 0.2) is 42.5 Å². The number of carbonyl (C=O) groups is 2. The van der Waals surface area contributed by atoms with Gasteiger partial charge in [-0.3, -0.25) is 9.59 Å². The number of anilines is 1. The predicted octanol–water partition coefficient (Wildman–Crippen LogP) is 3.49. The molecule has 2 heterocycles. The molecule has 0 bridgehead atoms. The number of amides is 2. The number of likely N-dealkylation sites (tertiary alicyclic amines) is 1. The van der Waals surface area contributed by atoms with Crippen LogP contribution in [0.25, 0.3) is 0 Å². The predicted molar refractivity (Wildman–Crippen MR) is 106 cm³/mol. The van der Waals surface area contributed by atoms with Gasteiger partial charge in [0.2, 0.25) is 11.8 Å². The molecule has 6 nitrogen and oxygen atoms in total. The molecule has 6 heteroatoms. The van der Waals surface area contributed by atoms with Crippen LogP contribution in [-0.2, 0) is 9.59 Å². The first-order valence-electron chi connectivity index (χ1n) is 9.53. The lowest BCUT2D eigenvalue weighted by atomic mass is 9.89. The van der Waals surface area contributed by atoms with Crippen molar-refractivity contribution < 1.29 is 19.1 Å². The molecule has 2 atom stereocenters. The Hall–Kier alpha value is -3.02. The van der Waals surface area contributed by atoms with Gasteiger partial charge < -0.3 is 19.7 Å². The first-order chi connectivity index (χ1) is 13.6. The van der Waals surface area contributed by atoms with Gasteiger partial charge in [-0.25, -0.2) is 0 Å². The van der Waals surface area contributed by atoms with Crippen LogP contribution in [0, 0.1) is 0 Å². The van der Waals surface area contributed by atoms with Crippen molar-refractivity contribution in [3.05, 3.63) is 53.6 Å². The van der Waals surface area contributed by atoms with Crippen LogP contribution in [0.3, 0.4) is 0 Å². The van der Waals surface area contributed by atoms with Crippen molar-refractivity contribution in [2.24, 2.45) is 0 Å². The summed E-state index contributed by atoms with van der Waals surface area (Å²) >= 11 is 0. The summed E-state index contributed by atoms with van der Waals surface area (Å²) in [6, 6.07) is 13.2. The molecule has 2 aliphatic rings. The second-order valence-corrected chi connectivity index (χ2v) is 7.19. The lowest BCUT2D eigenvalue weighted by molar-refractivity contribution is -0.135. The van der Waals surface area contributed by atoms with E-state index in [0.717, 1.165) is 29.7 Å². The van der Waals surface area contributed by atoms with Crippen LogP contribution in [0.5, 0.6) is 11.5 Å². The van der Waals surface area contributed by atoms with E-state index >= 15 is 0 Å². The minimum atomic E-state index is -0.449. The van der Waals surface area contributed by atoms with Crippen LogP contribution >= 0.6 is 0 Å². The zero-order valence-corrected chi connectivity index (χ0v) is 16.1. The maximum absolute atomic E-state index is 13.5. The summed E-state index contributed by atoms with van der Waals surface area (Å²) in [6.45, 7) is 0.680. The molecule has 4 rings (SSSR count). The van der Waals surface area contributed by atoms with Crippen LogP contribution in [0.2, 0.25) is 0 Å². The summed E-state index contributed by atoms with van der Waals surface area (Å²) < 4.78 is 10.9. The maximum Gasteiger partial charge on any atom is 0.231 e. The molecule has 1 saturated heterocycles. The quantitative estimate of drug-likeness (QED) is 0.882. The number of hydrogen-bond donors (Lipinski definition) is 1. The van der Waals surface area contributed by atoms with Gasteiger partial charge in [0, 0.05) is 30.3 Å². The van der Waals surface area contributed by atoms with Crippen molar-refractivity contribution in [2.45, 2.75) is 31.2 Å². The van der Waals surface area contributed by atoms with Crippen molar-refractivity contribution in [3.8, 4) is 11.5 Å². The number of fused-ring (bicyclic) bond motifs is 1. The fourth-order valence-corrected chi connectivity index (χ4v) is 4.28. The molecule has 1 N–H and O–H groups in total. The molecule has 2 aliphatic heterocycles. The van der Waals surface area contributed by atoms with Gasteiger partial charge >= 0.3 is 0 Å². The third-order valence-corrected chi connectivity index (χ3v) is 5.63. The van der Waals surface area contributed by atoms with E-state index < -0.39 is 5.92 Å². The number of benzene rings is 2. The van der Waals surface area contributed by atoms with E-state index in [2.05, 4.69) is 5.32 Å². The Labute approximate surface area is 164 Å². The number of nitrogens with one attached hydrogen (secondary N) is 1. The molecule has 2 aromatic carbocycles. The number of carbonyl (C=O) groups excluding carboxylic acids is 2. The summed E-state index contributed by atoms with van der Waals surface area (Å²) in [5.74, 6) is 0.868. The van der Waals surface area contributed by atoms with Crippen LogP contribution in [-0.4, -0.2) is 37.5 Å². The van der Waals surface area contributed by atoms with Crippen LogP contribution in [0.4, 0.5) is 5.69 Å². The molecule has 2 unspecified atom stereocenters. The molecule has 2 aromatic rings. The maximum atomic E-state index is 13.5. The van der Waals surface area contributed by atoms with Crippen molar-refractivity contribution in [1.29, 1.82) is 0 Å². The molecule has 0 radical (unpaired) electrons. The van der Waals surface area contributed by atoms with E-state index in [1.54, 1.807) is 14.2 Å². The van der Waals surface area contributed by atoms with Gasteiger partial charge in [0.25, 0.3) is 0 Å². The van der Waals surface area contributed by atoms with Gasteiger partial charge in [0.15, 0.2) is 0 Å². The smallest absolute Gasteiger partial charge is 0.231 e. The highest BCUT2D eigenvalue weighted by molar-refractivity contribution is 6.01. The molecular weight excluding hydrogens is 356 g/mol. The Morgan fingerprint density at radius 3 is 2.71 bits per heavy atom. The zero-order valence-electron chi connectivity index (χ0n) is 16.1. The normalized spacial score (nSPS) is 21.1. The first-order valence-corrected chi connectivity index (χ1v) is 9.53. The van der Waals surface area contributed by atoms with E-state index in [0.29, 0.717) is 18.0 Å². The largest absolute Gasteiger partial charge is 0.497 e. The number of methoxy groups -OCH3 is 2. The van der Waals surface area contributed by atoms with Gasteiger partial charge in [-0.05, 0) is 36.6 Å². The van der Waals surface area contributed by atoms with E-state index in [4.69, 9.17) is 9.47 Å². The number of ether oxygens (including phenoxy) is 2. The third-order valence-electron chi connectivity index (χ3n) is 5.63. The topological polar surface area (TPSA) is 67.9 Å². The Morgan fingerprint density at radius 2 is 1.93 bits per heavy atom. The molecule has 0 saturated carbocycles. The van der Waals surface area contributed by atoms with E-state index in [1.807, 2.05) is 47.4 Å². The van der Waals surface area contributed by atoms with E-state index in [-0.39, 0.29) is 24.3 Å². The minimum absolute atomic E-state index is 0.00247. The third kappa shape index (κ3) is 3.19. The van der Waals surface area contributed by atoms with Gasteiger partial charge in [-0.1, -0.05) is 18.2 Å². The summed E-state index contributed by atoms with van der Waals surface area (Å²) in [7, 11) is 3.24. The average Bonchev–Trinajstić information content (AvgIpc) is 3.21. The summed E-state index contributed by atoms with van der Waals surface area (Å²) in [6.07, 6.45) is 1.97. The zero-order chi connectivity index (χ0) is 19.7. The molecule has 0 aromatic heterocycles. The van der Waals surface area contributed by atoms with Crippen molar-refractivity contribution in [2.75, 3.05) is 26.1 Å². The number of nitrogens with zero attached hydrogens (tertiary/aromatic N) is 1. The molecule has 0 spiro atoms. The van der Waals surface area contributed by atoms with Crippen molar-refractivity contribution in [3.63, 3.8) is 0 Å². The Kier molecular flexibility index (Phi) is 4.94. The first kappa shape index (κ1) is 18.3. The molecular formula is C22H24N2O4. The highest BCUT2D eigenvalue weighted by Gasteiger charge is 2.39. The van der Waals surface area contributed by atoms with Gasteiger partial charge in [0.1, 0.15) is 11.5 Å². The molecule has 28 heavy (non-hydrogen) atoms. The van der Waals surface area contributed by atoms with Crippen molar-refractivity contribution >= 4 is 17.5 Å². The standard InChI is InChI=1S/C22H24N2O4/c1-27-14-9-10-16(20(12-14)28-2)19-8-5-11-24(19)22(26)17-13-21(25)23-18-7-4-3-6-15(17)18/h3-4,6-7,9-10,12,17,19H,5,8,11,13H2,1-2H3,(H,23,25). The van der Waals surface area contributed by atoms with Crippen molar-refractivity contribution in [1.82, 2.24) is 4.90 Å². The lowest BCUT2D eigenvalue weighted by Crippen LogP contribution is -2.38. The summed E-state index contributed by atoms with van der Waals surface area (Å²) in [4.78, 5) is 27.6. The molecule has 146 valence electrons. The fourth-order valence-electron chi connectivity index (χ4n) is 4.28. The second kappa shape index (κ2) is 7.54. The van der Waals surface area contributed by atoms with Crippen LogP contribution < -0.4 is 14.8 Å². The molecule has 1 fully saturated rings.